The molecule has 0 fully saturated rings. The second-order valence-corrected chi connectivity index (χ2v) is 7.05. The number of rotatable bonds is 8. The molecule has 20 heavy (non-hydrogen) atoms. The molecule has 0 spiro atoms. The second-order valence-electron chi connectivity index (χ2n) is 4.80. The maximum absolute atomic E-state index is 12.0. The summed E-state index contributed by atoms with van der Waals surface area (Å²) in [5, 5.41) is 0.606. The standard InChI is InChI=1S/C14H23ClN2O2S/c1-4-17(5-2)12(3)10-16-20(18,19)11-13-6-8-14(15)9-7-13/h6-9,12,16H,4-5,10-11H2,1-3H3. The lowest BCUT2D eigenvalue weighted by Crippen LogP contribution is -2.42. The van der Waals surface area contributed by atoms with Gasteiger partial charge < -0.3 is 0 Å². The predicted molar refractivity (Wildman–Crippen MR) is 84.5 cm³/mol. The summed E-state index contributed by atoms with van der Waals surface area (Å²) in [6.07, 6.45) is 0. The molecular weight excluding hydrogens is 296 g/mol. The summed E-state index contributed by atoms with van der Waals surface area (Å²) in [5.74, 6) is -0.0187. The van der Waals surface area contributed by atoms with Crippen molar-refractivity contribution in [2.24, 2.45) is 0 Å². The molecule has 1 aromatic carbocycles. The van der Waals surface area contributed by atoms with Crippen molar-refractivity contribution in [3.8, 4) is 0 Å². The zero-order chi connectivity index (χ0) is 15.2. The van der Waals surface area contributed by atoms with Crippen LogP contribution in [0, 0.1) is 0 Å². The van der Waals surface area contributed by atoms with E-state index in [0.29, 0.717) is 11.6 Å². The molecule has 6 heteroatoms. The molecule has 0 aromatic heterocycles. The molecule has 0 saturated heterocycles. The molecule has 1 aromatic rings. The first-order chi connectivity index (χ1) is 9.38. The summed E-state index contributed by atoms with van der Waals surface area (Å²) >= 11 is 5.78. The Bertz CT molecular complexity index is 498. The molecule has 0 saturated carbocycles. The average molecular weight is 319 g/mol. The van der Waals surface area contributed by atoms with Crippen molar-refractivity contribution in [1.29, 1.82) is 0 Å². The smallest absolute Gasteiger partial charge is 0.215 e. The highest BCUT2D eigenvalue weighted by Crippen LogP contribution is 2.11. The van der Waals surface area contributed by atoms with Crippen molar-refractivity contribution in [2.75, 3.05) is 19.6 Å². The predicted octanol–water partition coefficient (Wildman–Crippen LogP) is 2.49. The van der Waals surface area contributed by atoms with Gasteiger partial charge in [-0.15, -0.1) is 0 Å². The molecule has 0 aliphatic carbocycles. The van der Waals surface area contributed by atoms with Gasteiger partial charge in [0.2, 0.25) is 10.0 Å². The Kier molecular flexibility index (Phi) is 6.95. The van der Waals surface area contributed by atoms with Crippen molar-refractivity contribution in [3.05, 3.63) is 34.9 Å². The highest BCUT2D eigenvalue weighted by molar-refractivity contribution is 7.88. The third-order valence-corrected chi connectivity index (χ3v) is 4.88. The number of nitrogens with one attached hydrogen (secondary N) is 1. The fourth-order valence-corrected chi connectivity index (χ4v) is 3.43. The summed E-state index contributed by atoms with van der Waals surface area (Å²) in [4.78, 5) is 2.21. The minimum absolute atomic E-state index is 0.0187. The van der Waals surface area contributed by atoms with Gasteiger partial charge in [0.25, 0.3) is 0 Å². The summed E-state index contributed by atoms with van der Waals surface area (Å²) in [6.45, 7) is 8.42. The first kappa shape index (κ1) is 17.4. The molecule has 1 N–H and O–H groups in total. The number of likely N-dealkylation sites (N-methyl/N-ethyl adjacent to an activating group) is 1. The van der Waals surface area contributed by atoms with E-state index in [9.17, 15) is 8.42 Å². The van der Waals surface area contributed by atoms with Gasteiger partial charge >= 0.3 is 0 Å². The van der Waals surface area contributed by atoms with Gasteiger partial charge in [-0.2, -0.15) is 0 Å². The van der Waals surface area contributed by atoms with Crippen LogP contribution in [0.25, 0.3) is 0 Å². The third kappa shape index (κ3) is 5.79. The molecule has 0 heterocycles. The normalized spacial score (nSPS) is 13.7. The van der Waals surface area contributed by atoms with Crippen LogP contribution in [-0.4, -0.2) is 39.0 Å². The lowest BCUT2D eigenvalue weighted by Gasteiger charge is -2.26. The molecule has 0 aliphatic heterocycles. The quantitative estimate of drug-likeness (QED) is 0.801. The van der Waals surface area contributed by atoms with Gasteiger partial charge in [0.1, 0.15) is 0 Å². The Labute approximate surface area is 127 Å². The Hall–Kier alpha value is -0.620. The maximum Gasteiger partial charge on any atom is 0.215 e. The van der Waals surface area contributed by atoms with Gasteiger partial charge in [0.15, 0.2) is 0 Å². The number of benzene rings is 1. The monoisotopic (exact) mass is 318 g/mol. The Morgan fingerprint density at radius 3 is 2.25 bits per heavy atom. The lowest BCUT2D eigenvalue weighted by atomic mass is 10.2. The van der Waals surface area contributed by atoms with Crippen LogP contribution >= 0.6 is 11.6 Å². The van der Waals surface area contributed by atoms with Crippen molar-refractivity contribution in [3.63, 3.8) is 0 Å². The summed E-state index contributed by atoms with van der Waals surface area (Å²) in [7, 11) is -3.31. The molecule has 4 nitrogen and oxygen atoms in total. The van der Waals surface area contributed by atoms with Crippen LogP contribution in [0.5, 0.6) is 0 Å². The number of hydrogen-bond acceptors (Lipinski definition) is 3. The van der Waals surface area contributed by atoms with E-state index in [0.717, 1.165) is 18.7 Å². The minimum Gasteiger partial charge on any atom is -0.300 e. The van der Waals surface area contributed by atoms with Gasteiger partial charge in [-0.05, 0) is 37.7 Å². The number of sulfonamides is 1. The van der Waals surface area contributed by atoms with Gasteiger partial charge in [-0.3, -0.25) is 4.90 Å². The van der Waals surface area contributed by atoms with E-state index >= 15 is 0 Å². The summed E-state index contributed by atoms with van der Waals surface area (Å²) < 4.78 is 26.7. The van der Waals surface area contributed by atoms with Gasteiger partial charge in [0.05, 0.1) is 5.75 Å². The first-order valence-corrected chi connectivity index (χ1v) is 8.86. The summed E-state index contributed by atoms with van der Waals surface area (Å²) in [6, 6.07) is 7.05. The van der Waals surface area contributed by atoms with Crippen LogP contribution < -0.4 is 4.72 Å². The Morgan fingerprint density at radius 2 is 1.75 bits per heavy atom. The largest absolute Gasteiger partial charge is 0.300 e. The van der Waals surface area contributed by atoms with Gasteiger partial charge in [0, 0.05) is 17.6 Å². The average Bonchev–Trinajstić information content (AvgIpc) is 2.40. The Balaban J connectivity index is 2.55. The molecule has 1 rings (SSSR count). The van der Waals surface area contributed by atoms with E-state index in [4.69, 9.17) is 11.6 Å². The van der Waals surface area contributed by atoms with Crippen molar-refractivity contribution >= 4 is 21.6 Å². The van der Waals surface area contributed by atoms with E-state index in [1.54, 1.807) is 24.3 Å². The van der Waals surface area contributed by atoms with Crippen molar-refractivity contribution < 1.29 is 8.42 Å². The van der Waals surface area contributed by atoms with E-state index in [-0.39, 0.29) is 11.8 Å². The van der Waals surface area contributed by atoms with Crippen molar-refractivity contribution in [2.45, 2.75) is 32.6 Å². The molecule has 114 valence electrons. The molecule has 1 atom stereocenters. The van der Waals surface area contributed by atoms with E-state index in [2.05, 4.69) is 23.5 Å². The van der Waals surface area contributed by atoms with Crippen LogP contribution in [-0.2, 0) is 15.8 Å². The topological polar surface area (TPSA) is 49.4 Å². The Morgan fingerprint density at radius 1 is 1.20 bits per heavy atom. The number of nitrogens with zero attached hydrogens (tertiary/aromatic N) is 1. The zero-order valence-electron chi connectivity index (χ0n) is 12.3. The fraction of sp³-hybridized carbons (Fsp3) is 0.571. The van der Waals surface area contributed by atoms with E-state index in [1.807, 2.05) is 6.92 Å². The lowest BCUT2D eigenvalue weighted by molar-refractivity contribution is 0.232. The molecular formula is C14H23ClN2O2S. The maximum atomic E-state index is 12.0. The van der Waals surface area contributed by atoms with Crippen LogP contribution in [0.4, 0.5) is 0 Å². The second kappa shape index (κ2) is 7.98. The van der Waals surface area contributed by atoms with E-state index < -0.39 is 10.0 Å². The highest BCUT2D eigenvalue weighted by Gasteiger charge is 2.15. The van der Waals surface area contributed by atoms with Crippen LogP contribution in [0.1, 0.15) is 26.3 Å². The molecule has 0 bridgehead atoms. The number of hydrogen-bond donors (Lipinski definition) is 1. The van der Waals surface area contributed by atoms with Crippen LogP contribution in [0.15, 0.2) is 24.3 Å². The van der Waals surface area contributed by atoms with Crippen LogP contribution in [0.3, 0.4) is 0 Å². The van der Waals surface area contributed by atoms with E-state index in [1.165, 1.54) is 0 Å². The SMILES string of the molecule is CCN(CC)C(C)CNS(=O)(=O)Cc1ccc(Cl)cc1. The summed E-state index contributed by atoms with van der Waals surface area (Å²) in [5.41, 5.74) is 0.734. The van der Waals surface area contributed by atoms with Gasteiger partial charge in [-0.25, -0.2) is 13.1 Å². The molecule has 0 aliphatic rings. The fourth-order valence-electron chi connectivity index (χ4n) is 2.07. The molecule has 0 radical (unpaired) electrons. The van der Waals surface area contributed by atoms with Crippen molar-refractivity contribution in [1.82, 2.24) is 9.62 Å². The molecule has 1 unspecified atom stereocenters. The third-order valence-electron chi connectivity index (χ3n) is 3.30. The van der Waals surface area contributed by atoms with Gasteiger partial charge in [-0.1, -0.05) is 37.6 Å². The highest BCUT2D eigenvalue weighted by atomic mass is 35.5. The van der Waals surface area contributed by atoms with Crippen LogP contribution in [0.2, 0.25) is 5.02 Å². The first-order valence-electron chi connectivity index (χ1n) is 6.83. The molecule has 0 amide bonds. The zero-order valence-corrected chi connectivity index (χ0v) is 13.8. The number of halogens is 1. The minimum atomic E-state index is -3.31.